The van der Waals surface area contributed by atoms with E-state index in [0.717, 1.165) is 23.4 Å². The van der Waals surface area contributed by atoms with E-state index in [1.54, 1.807) is 4.90 Å². The van der Waals surface area contributed by atoms with Crippen LogP contribution in [0.1, 0.15) is 30.9 Å². The largest absolute Gasteiger partial charge is 0.416 e. The molecule has 28 heavy (non-hydrogen) atoms. The lowest BCUT2D eigenvalue weighted by atomic mass is 10.0. The van der Waals surface area contributed by atoms with Crippen LogP contribution >= 0.6 is 0 Å². The van der Waals surface area contributed by atoms with E-state index >= 15 is 0 Å². The molecule has 0 atom stereocenters. The first kappa shape index (κ1) is 19.9. The Morgan fingerprint density at radius 2 is 1.75 bits per heavy atom. The van der Waals surface area contributed by atoms with Crippen molar-refractivity contribution >= 4 is 23.2 Å². The minimum absolute atomic E-state index is 0.232. The third kappa shape index (κ3) is 3.88. The van der Waals surface area contributed by atoms with Gasteiger partial charge in [0.2, 0.25) is 11.8 Å². The van der Waals surface area contributed by atoms with Gasteiger partial charge in [0, 0.05) is 17.9 Å². The molecule has 4 nitrogen and oxygen atoms in total. The zero-order valence-corrected chi connectivity index (χ0v) is 15.6. The Morgan fingerprint density at radius 3 is 2.25 bits per heavy atom. The lowest BCUT2D eigenvalue weighted by molar-refractivity contribution is -0.137. The molecule has 1 saturated carbocycles. The van der Waals surface area contributed by atoms with Gasteiger partial charge in [-0.15, -0.1) is 0 Å². The monoisotopic (exact) mass is 390 g/mol. The zero-order chi connectivity index (χ0) is 20.5. The Morgan fingerprint density at radius 1 is 1.11 bits per heavy atom. The molecule has 0 bridgehead atoms. The van der Waals surface area contributed by atoms with Crippen molar-refractivity contribution in [1.29, 1.82) is 0 Å². The second-order valence-corrected chi connectivity index (χ2v) is 7.00. The van der Waals surface area contributed by atoms with Crippen LogP contribution in [0.25, 0.3) is 0 Å². The normalized spacial score (nSPS) is 15.0. The van der Waals surface area contributed by atoms with Crippen molar-refractivity contribution in [2.75, 3.05) is 16.8 Å². The summed E-state index contributed by atoms with van der Waals surface area (Å²) in [7, 11) is 0. The van der Waals surface area contributed by atoms with Crippen molar-refractivity contribution in [1.82, 2.24) is 0 Å². The Balaban J connectivity index is 1.76. The molecule has 3 rings (SSSR count). The first-order valence-electron chi connectivity index (χ1n) is 9.05. The molecule has 148 valence electrons. The van der Waals surface area contributed by atoms with Gasteiger partial charge in [0.05, 0.1) is 5.56 Å². The lowest BCUT2D eigenvalue weighted by Gasteiger charge is -2.26. The van der Waals surface area contributed by atoms with Crippen LogP contribution in [0.5, 0.6) is 0 Å². The van der Waals surface area contributed by atoms with Crippen LogP contribution in [-0.4, -0.2) is 18.4 Å². The summed E-state index contributed by atoms with van der Waals surface area (Å²) in [6.45, 7) is 4.17. The molecule has 1 aliphatic rings. The summed E-state index contributed by atoms with van der Waals surface area (Å²) in [5.41, 5.74) is 0.00142. The second-order valence-electron chi connectivity index (χ2n) is 7.00. The summed E-state index contributed by atoms with van der Waals surface area (Å²) >= 11 is 0. The number of amides is 2. The Hall–Kier alpha value is -2.83. The molecule has 0 saturated heterocycles. The van der Waals surface area contributed by atoms with Crippen molar-refractivity contribution in [2.24, 2.45) is 5.41 Å². The number of carbonyl (C=O) groups is 2. The van der Waals surface area contributed by atoms with Crippen LogP contribution in [0, 0.1) is 12.3 Å². The topological polar surface area (TPSA) is 49.4 Å². The predicted molar refractivity (Wildman–Crippen MR) is 101 cm³/mol. The summed E-state index contributed by atoms with van der Waals surface area (Å²) in [6, 6.07) is 11.7. The molecular formula is C21H21F3N2O2. The van der Waals surface area contributed by atoms with E-state index in [0.29, 0.717) is 19.4 Å². The lowest BCUT2D eigenvalue weighted by Crippen LogP contribution is -2.43. The first-order chi connectivity index (χ1) is 13.2. The highest BCUT2D eigenvalue weighted by Crippen LogP contribution is 2.49. The molecule has 7 heteroatoms. The highest BCUT2D eigenvalue weighted by atomic mass is 19.4. The van der Waals surface area contributed by atoms with Crippen LogP contribution in [-0.2, 0) is 15.8 Å². The highest BCUT2D eigenvalue weighted by Gasteiger charge is 2.58. The third-order valence-corrected chi connectivity index (χ3v) is 4.94. The van der Waals surface area contributed by atoms with Gasteiger partial charge in [-0.25, -0.2) is 0 Å². The highest BCUT2D eigenvalue weighted by molar-refractivity contribution is 6.17. The van der Waals surface area contributed by atoms with Crippen molar-refractivity contribution in [3.63, 3.8) is 0 Å². The van der Waals surface area contributed by atoms with Gasteiger partial charge >= 0.3 is 6.18 Å². The minimum atomic E-state index is -4.44. The number of halogens is 3. The smallest absolute Gasteiger partial charge is 0.325 e. The Kier molecular flexibility index (Phi) is 5.19. The molecule has 0 aliphatic heterocycles. The van der Waals surface area contributed by atoms with E-state index in [-0.39, 0.29) is 11.6 Å². The quantitative estimate of drug-likeness (QED) is 0.747. The van der Waals surface area contributed by atoms with Gasteiger partial charge in [-0.05, 0) is 68.7 Å². The van der Waals surface area contributed by atoms with E-state index in [1.165, 1.54) is 12.1 Å². The van der Waals surface area contributed by atoms with Crippen LogP contribution in [0.2, 0.25) is 0 Å². The molecular weight excluding hydrogens is 369 g/mol. The number of hydrogen-bond acceptors (Lipinski definition) is 2. The van der Waals surface area contributed by atoms with Gasteiger partial charge in [-0.2, -0.15) is 13.2 Å². The number of nitrogens with zero attached hydrogens (tertiary/aromatic N) is 1. The van der Waals surface area contributed by atoms with Crippen LogP contribution in [0.15, 0.2) is 48.5 Å². The number of carbonyl (C=O) groups excluding carboxylic acids is 2. The number of benzene rings is 2. The SMILES string of the molecule is CCN(C(=O)C1(C(=O)Nc2ccc(C(F)(F)F)cc2)CC1)c1cccc(C)c1. The van der Waals surface area contributed by atoms with Crippen molar-refractivity contribution in [2.45, 2.75) is 32.9 Å². The number of nitrogens with one attached hydrogen (secondary N) is 1. The molecule has 0 spiro atoms. The molecule has 0 unspecified atom stereocenters. The average molecular weight is 390 g/mol. The van der Waals surface area contributed by atoms with Gasteiger partial charge in [0.15, 0.2) is 0 Å². The fraction of sp³-hybridized carbons (Fsp3) is 0.333. The van der Waals surface area contributed by atoms with Crippen LogP contribution < -0.4 is 10.2 Å². The van der Waals surface area contributed by atoms with E-state index in [9.17, 15) is 22.8 Å². The van der Waals surface area contributed by atoms with Gasteiger partial charge in [0.1, 0.15) is 5.41 Å². The molecule has 0 aromatic heterocycles. The maximum absolute atomic E-state index is 13.1. The van der Waals surface area contributed by atoms with Gasteiger partial charge < -0.3 is 10.2 Å². The zero-order valence-electron chi connectivity index (χ0n) is 15.6. The summed E-state index contributed by atoms with van der Waals surface area (Å²) in [6.07, 6.45) is -3.60. The van der Waals surface area contributed by atoms with Gasteiger partial charge in [-0.1, -0.05) is 12.1 Å². The standard InChI is InChI=1S/C21H21F3N2O2/c1-3-26(17-6-4-5-14(2)13-17)19(28)20(11-12-20)18(27)25-16-9-7-15(8-10-16)21(22,23)24/h4-10,13H,3,11-12H2,1-2H3,(H,25,27). The third-order valence-electron chi connectivity index (χ3n) is 4.94. The fourth-order valence-corrected chi connectivity index (χ4v) is 3.15. The minimum Gasteiger partial charge on any atom is -0.325 e. The van der Waals surface area contributed by atoms with Crippen LogP contribution in [0.3, 0.4) is 0 Å². The molecule has 2 amide bonds. The molecule has 2 aromatic rings. The van der Waals surface area contributed by atoms with Crippen molar-refractivity contribution in [3.8, 4) is 0 Å². The van der Waals surface area contributed by atoms with Crippen LogP contribution in [0.4, 0.5) is 24.5 Å². The first-order valence-corrected chi connectivity index (χ1v) is 9.05. The molecule has 1 aliphatic carbocycles. The fourth-order valence-electron chi connectivity index (χ4n) is 3.15. The van der Waals surface area contributed by atoms with Gasteiger partial charge in [0.25, 0.3) is 0 Å². The predicted octanol–water partition coefficient (Wildman–Crippen LogP) is 4.79. The summed E-state index contributed by atoms with van der Waals surface area (Å²) < 4.78 is 38.0. The van der Waals surface area contributed by atoms with E-state index < -0.39 is 23.1 Å². The molecule has 0 radical (unpaired) electrons. The van der Waals surface area contributed by atoms with Crippen molar-refractivity contribution < 1.29 is 22.8 Å². The van der Waals surface area contributed by atoms with Gasteiger partial charge in [-0.3, -0.25) is 9.59 Å². The summed E-state index contributed by atoms with van der Waals surface area (Å²) in [5, 5.41) is 2.59. The number of anilines is 2. The van der Waals surface area contributed by atoms with E-state index in [2.05, 4.69) is 5.32 Å². The number of alkyl halides is 3. The Labute approximate surface area is 161 Å². The second kappa shape index (κ2) is 7.30. The number of rotatable bonds is 5. The summed E-state index contributed by atoms with van der Waals surface area (Å²) in [4.78, 5) is 27.4. The molecule has 0 heterocycles. The molecule has 2 aromatic carbocycles. The van der Waals surface area contributed by atoms with E-state index in [4.69, 9.17) is 0 Å². The number of hydrogen-bond donors (Lipinski definition) is 1. The van der Waals surface area contributed by atoms with E-state index in [1.807, 2.05) is 38.1 Å². The average Bonchev–Trinajstić information content (AvgIpc) is 3.44. The summed E-state index contributed by atoms with van der Waals surface area (Å²) in [5.74, 6) is -0.770. The maximum Gasteiger partial charge on any atom is 0.416 e. The van der Waals surface area contributed by atoms with Crippen molar-refractivity contribution in [3.05, 3.63) is 59.7 Å². The maximum atomic E-state index is 13.1. The number of aryl methyl sites for hydroxylation is 1. The Bertz CT molecular complexity index is 887. The molecule has 1 N–H and O–H groups in total. The molecule has 1 fully saturated rings.